The van der Waals surface area contributed by atoms with Gasteiger partial charge in [0, 0.05) is 24.5 Å². The van der Waals surface area contributed by atoms with Gasteiger partial charge in [0.1, 0.15) is 5.75 Å². The molecule has 1 N–H and O–H groups in total. The zero-order valence-electron chi connectivity index (χ0n) is 17.4. The van der Waals surface area contributed by atoms with Gasteiger partial charge >= 0.3 is 5.97 Å². The van der Waals surface area contributed by atoms with Crippen LogP contribution in [0.4, 0.5) is 11.4 Å². The topological polar surface area (TPSA) is 77.1 Å². The summed E-state index contributed by atoms with van der Waals surface area (Å²) >= 11 is 0. The molecule has 1 aliphatic rings. The molecule has 0 bridgehead atoms. The molecule has 7 nitrogen and oxygen atoms in total. The maximum Gasteiger partial charge on any atom is 0.310 e. The fraction of sp³-hybridized carbons (Fsp3) is 0.391. The molecule has 0 aromatic heterocycles. The van der Waals surface area contributed by atoms with E-state index in [0.29, 0.717) is 11.4 Å². The number of carbonyl (C=O) groups excluding carboxylic acids is 2. The first kappa shape index (κ1) is 21.6. The number of anilines is 2. The maximum absolute atomic E-state index is 12.3. The molecule has 1 heterocycles. The van der Waals surface area contributed by atoms with Crippen LogP contribution < -0.4 is 15.0 Å². The summed E-state index contributed by atoms with van der Waals surface area (Å²) in [5.74, 6) is -0.158. The minimum Gasteiger partial charge on any atom is -0.493 e. The highest BCUT2D eigenvalue weighted by Crippen LogP contribution is 2.19. The van der Waals surface area contributed by atoms with Crippen LogP contribution in [0.3, 0.4) is 0 Å². The Morgan fingerprint density at radius 1 is 1.07 bits per heavy atom. The van der Waals surface area contributed by atoms with E-state index in [9.17, 15) is 9.59 Å². The molecule has 1 aliphatic heterocycles. The maximum atomic E-state index is 12.3. The van der Waals surface area contributed by atoms with Gasteiger partial charge in [-0.2, -0.15) is 0 Å². The van der Waals surface area contributed by atoms with Crippen molar-refractivity contribution in [1.82, 2.24) is 0 Å². The molecule has 2 aromatic rings. The van der Waals surface area contributed by atoms with Gasteiger partial charge in [-0.25, -0.2) is 0 Å². The number of ether oxygens (including phenoxy) is 3. The first-order valence-electron chi connectivity index (χ1n) is 10.1. The monoisotopic (exact) mass is 412 g/mol. The van der Waals surface area contributed by atoms with E-state index in [2.05, 4.69) is 10.2 Å². The summed E-state index contributed by atoms with van der Waals surface area (Å²) < 4.78 is 16.1. The van der Waals surface area contributed by atoms with Crippen LogP contribution in [0.25, 0.3) is 0 Å². The molecule has 0 saturated carbocycles. The fourth-order valence-corrected chi connectivity index (χ4v) is 3.02. The third kappa shape index (κ3) is 6.49. The van der Waals surface area contributed by atoms with E-state index in [0.717, 1.165) is 37.6 Å². The van der Waals surface area contributed by atoms with E-state index in [1.807, 2.05) is 55.5 Å². The quantitative estimate of drug-likeness (QED) is 0.671. The Bertz CT molecular complexity index is 830. The third-order valence-electron chi connectivity index (χ3n) is 4.78. The molecule has 1 fully saturated rings. The van der Waals surface area contributed by atoms with Gasteiger partial charge in [-0.15, -0.1) is 0 Å². The zero-order chi connectivity index (χ0) is 21.3. The van der Waals surface area contributed by atoms with Crippen molar-refractivity contribution in [1.29, 1.82) is 0 Å². The minimum absolute atomic E-state index is 0.0692. The molecule has 7 heteroatoms. The second-order valence-corrected chi connectivity index (χ2v) is 7.18. The molecule has 0 unspecified atom stereocenters. The first-order valence-corrected chi connectivity index (χ1v) is 10.1. The smallest absolute Gasteiger partial charge is 0.310 e. The molecule has 0 radical (unpaired) electrons. The van der Waals surface area contributed by atoms with Crippen LogP contribution in [-0.4, -0.2) is 50.9 Å². The largest absolute Gasteiger partial charge is 0.493 e. The summed E-state index contributed by atoms with van der Waals surface area (Å²) in [6.45, 7) is 6.88. The van der Waals surface area contributed by atoms with Crippen molar-refractivity contribution < 1.29 is 23.8 Å². The lowest BCUT2D eigenvalue weighted by Gasteiger charge is -2.28. The lowest BCUT2D eigenvalue weighted by atomic mass is 10.2. The van der Waals surface area contributed by atoms with Crippen LogP contribution in [0.2, 0.25) is 0 Å². The SMILES string of the molecule is Cc1ccc(OCCC(=O)O[C@@H](C)C(=O)Nc2ccc(N3CCOCC3)cc2)cc1. The average Bonchev–Trinajstić information content (AvgIpc) is 2.76. The molecule has 30 heavy (non-hydrogen) atoms. The van der Waals surface area contributed by atoms with E-state index in [4.69, 9.17) is 14.2 Å². The number of nitrogens with zero attached hydrogens (tertiary/aromatic N) is 1. The summed E-state index contributed by atoms with van der Waals surface area (Å²) in [7, 11) is 0. The molecule has 2 aromatic carbocycles. The number of carbonyl (C=O) groups is 2. The highest BCUT2D eigenvalue weighted by atomic mass is 16.5. The Morgan fingerprint density at radius 2 is 1.73 bits per heavy atom. The second kappa shape index (κ2) is 10.6. The molecule has 1 atom stereocenters. The first-order chi connectivity index (χ1) is 14.5. The van der Waals surface area contributed by atoms with Gasteiger partial charge < -0.3 is 24.4 Å². The molecule has 1 amide bonds. The summed E-state index contributed by atoms with van der Waals surface area (Å²) in [5.41, 5.74) is 2.88. The Hall–Kier alpha value is -3.06. The van der Waals surface area contributed by atoms with Crippen LogP contribution in [0.1, 0.15) is 18.9 Å². The van der Waals surface area contributed by atoms with Gasteiger partial charge in [0.2, 0.25) is 0 Å². The number of hydrogen-bond acceptors (Lipinski definition) is 6. The molecule has 3 rings (SSSR count). The molecule has 0 aliphatic carbocycles. The van der Waals surface area contributed by atoms with Crippen molar-refractivity contribution in [3.63, 3.8) is 0 Å². The lowest BCUT2D eigenvalue weighted by molar-refractivity contribution is -0.153. The third-order valence-corrected chi connectivity index (χ3v) is 4.78. The number of nitrogens with one attached hydrogen (secondary N) is 1. The second-order valence-electron chi connectivity index (χ2n) is 7.18. The number of amides is 1. The van der Waals surface area contributed by atoms with E-state index >= 15 is 0 Å². The Labute approximate surface area is 176 Å². The number of hydrogen-bond donors (Lipinski definition) is 1. The van der Waals surface area contributed by atoms with Gasteiger partial charge in [-0.05, 0) is 50.2 Å². The Morgan fingerprint density at radius 3 is 2.40 bits per heavy atom. The summed E-state index contributed by atoms with van der Waals surface area (Å²) in [5, 5.41) is 2.77. The molecular weight excluding hydrogens is 384 g/mol. The van der Waals surface area contributed by atoms with E-state index in [-0.39, 0.29) is 18.9 Å². The van der Waals surface area contributed by atoms with Crippen LogP contribution in [-0.2, 0) is 19.1 Å². The molecule has 160 valence electrons. The highest BCUT2D eigenvalue weighted by Gasteiger charge is 2.18. The molecule has 1 saturated heterocycles. The molecule has 0 spiro atoms. The van der Waals surface area contributed by atoms with Crippen LogP contribution in [0.15, 0.2) is 48.5 Å². The van der Waals surface area contributed by atoms with Gasteiger partial charge in [-0.1, -0.05) is 17.7 Å². The normalized spacial score (nSPS) is 14.7. The number of esters is 1. The van der Waals surface area contributed by atoms with Gasteiger partial charge in [0.25, 0.3) is 5.91 Å². The summed E-state index contributed by atoms with van der Waals surface area (Å²) in [4.78, 5) is 26.5. The van der Waals surface area contributed by atoms with Gasteiger partial charge in [0.15, 0.2) is 6.10 Å². The van der Waals surface area contributed by atoms with E-state index < -0.39 is 12.1 Å². The predicted molar refractivity (Wildman–Crippen MR) is 115 cm³/mol. The number of benzene rings is 2. The Balaban J connectivity index is 1.40. The number of morpholine rings is 1. The highest BCUT2D eigenvalue weighted by molar-refractivity contribution is 5.95. The average molecular weight is 412 g/mol. The standard InChI is InChI=1S/C23H28N2O5/c1-17-3-9-21(10-4-17)29-14-11-22(26)30-18(2)23(27)24-19-5-7-20(8-6-19)25-12-15-28-16-13-25/h3-10,18H,11-16H2,1-2H3,(H,24,27)/t18-/m0/s1. The Kier molecular flexibility index (Phi) is 7.68. The zero-order valence-corrected chi connectivity index (χ0v) is 17.4. The van der Waals surface area contributed by atoms with Gasteiger partial charge in [-0.3, -0.25) is 9.59 Å². The van der Waals surface area contributed by atoms with Gasteiger partial charge in [0.05, 0.1) is 26.2 Å². The van der Waals surface area contributed by atoms with Crippen LogP contribution >= 0.6 is 0 Å². The predicted octanol–water partition coefficient (Wildman–Crippen LogP) is 3.17. The molecular formula is C23H28N2O5. The fourth-order valence-electron chi connectivity index (χ4n) is 3.02. The number of rotatable bonds is 8. The minimum atomic E-state index is -0.893. The van der Waals surface area contributed by atoms with Crippen molar-refractivity contribution in [2.75, 3.05) is 43.1 Å². The van der Waals surface area contributed by atoms with E-state index in [1.165, 1.54) is 0 Å². The van der Waals surface area contributed by atoms with Crippen molar-refractivity contribution in [2.45, 2.75) is 26.4 Å². The summed E-state index contributed by atoms with van der Waals surface area (Å²) in [6.07, 6.45) is -0.824. The van der Waals surface area contributed by atoms with Crippen LogP contribution in [0.5, 0.6) is 5.75 Å². The lowest BCUT2D eigenvalue weighted by Crippen LogP contribution is -2.36. The number of aryl methyl sites for hydroxylation is 1. The van der Waals surface area contributed by atoms with Crippen LogP contribution in [0, 0.1) is 6.92 Å². The van der Waals surface area contributed by atoms with Crippen molar-refractivity contribution >= 4 is 23.3 Å². The van der Waals surface area contributed by atoms with E-state index in [1.54, 1.807) is 6.92 Å². The van der Waals surface area contributed by atoms with Crippen molar-refractivity contribution in [2.24, 2.45) is 0 Å². The summed E-state index contributed by atoms with van der Waals surface area (Å²) in [6, 6.07) is 15.2. The van der Waals surface area contributed by atoms with Crippen molar-refractivity contribution in [3.8, 4) is 5.75 Å². The van der Waals surface area contributed by atoms with Crippen molar-refractivity contribution in [3.05, 3.63) is 54.1 Å².